The molecular weight excluding hydrogens is 362 g/mol. The molecule has 1 aromatic heterocycles. The van der Waals surface area contributed by atoms with Gasteiger partial charge in [0, 0.05) is 17.7 Å². The van der Waals surface area contributed by atoms with Crippen molar-refractivity contribution in [3.8, 4) is 28.5 Å². The largest absolute Gasteiger partial charge is 0.496 e. The second kappa shape index (κ2) is 8.44. The molecule has 2 N–H and O–H groups in total. The third-order valence-electron chi connectivity index (χ3n) is 4.54. The predicted molar refractivity (Wildman–Crippen MR) is 114 cm³/mol. The molecular formula is C24H21N3O2. The minimum Gasteiger partial charge on any atom is -0.496 e. The molecule has 144 valence electrons. The van der Waals surface area contributed by atoms with Gasteiger partial charge in [0.2, 0.25) is 0 Å². The van der Waals surface area contributed by atoms with Gasteiger partial charge in [0.15, 0.2) is 0 Å². The van der Waals surface area contributed by atoms with Crippen LogP contribution in [-0.4, -0.2) is 17.1 Å². The first-order valence-corrected chi connectivity index (χ1v) is 9.28. The van der Waals surface area contributed by atoms with Gasteiger partial charge in [0.05, 0.1) is 18.5 Å². The Bertz CT molecular complexity index is 1110. The van der Waals surface area contributed by atoms with Gasteiger partial charge in [-0.25, -0.2) is 9.97 Å². The van der Waals surface area contributed by atoms with Gasteiger partial charge in [0.25, 0.3) is 0 Å². The molecule has 0 atom stereocenters. The second-order valence-electron chi connectivity index (χ2n) is 6.56. The summed E-state index contributed by atoms with van der Waals surface area (Å²) in [6, 6.07) is 25.2. The quantitative estimate of drug-likeness (QED) is 0.468. The van der Waals surface area contributed by atoms with Crippen LogP contribution in [0.4, 0.5) is 5.69 Å². The van der Waals surface area contributed by atoms with Crippen LogP contribution in [0.2, 0.25) is 0 Å². The highest BCUT2D eigenvalue weighted by molar-refractivity contribution is 5.67. The lowest BCUT2D eigenvalue weighted by molar-refractivity contribution is 0.416. The van der Waals surface area contributed by atoms with Crippen LogP contribution in [0.3, 0.4) is 0 Å². The van der Waals surface area contributed by atoms with Crippen molar-refractivity contribution in [3.05, 3.63) is 96.4 Å². The van der Waals surface area contributed by atoms with Crippen LogP contribution in [-0.2, 0) is 6.42 Å². The summed E-state index contributed by atoms with van der Waals surface area (Å²) in [7, 11) is 1.66. The standard InChI is InChI=1S/C24H21N3O2/c1-28-23-10-6-5-9-20(23)22-15-18(26-16-27-22)13-17-11-12-24(21(25)14-17)29-19-7-3-2-4-8-19/h2-12,14-16H,13,25H2,1H3. The maximum absolute atomic E-state index is 6.21. The molecule has 0 aliphatic rings. The molecule has 0 aliphatic heterocycles. The van der Waals surface area contributed by atoms with E-state index in [1.165, 1.54) is 0 Å². The van der Waals surface area contributed by atoms with Crippen molar-refractivity contribution in [1.29, 1.82) is 0 Å². The van der Waals surface area contributed by atoms with E-state index in [9.17, 15) is 0 Å². The predicted octanol–water partition coefficient (Wildman–Crippen LogP) is 5.12. The lowest BCUT2D eigenvalue weighted by Crippen LogP contribution is -1.98. The van der Waals surface area contributed by atoms with E-state index in [4.69, 9.17) is 15.2 Å². The molecule has 29 heavy (non-hydrogen) atoms. The molecule has 0 amide bonds. The average molecular weight is 383 g/mol. The molecule has 0 fully saturated rings. The molecule has 4 rings (SSSR count). The van der Waals surface area contributed by atoms with Crippen molar-refractivity contribution in [3.63, 3.8) is 0 Å². The Balaban J connectivity index is 1.54. The number of nitrogens with two attached hydrogens (primary N) is 1. The van der Waals surface area contributed by atoms with Crippen molar-refractivity contribution in [1.82, 2.24) is 9.97 Å². The summed E-state index contributed by atoms with van der Waals surface area (Å²) in [6.07, 6.45) is 2.22. The van der Waals surface area contributed by atoms with Gasteiger partial charge in [-0.15, -0.1) is 0 Å². The number of benzene rings is 3. The van der Waals surface area contributed by atoms with E-state index in [0.717, 1.165) is 34.0 Å². The van der Waals surface area contributed by atoms with Crippen LogP contribution in [0.5, 0.6) is 17.2 Å². The summed E-state index contributed by atoms with van der Waals surface area (Å²) in [5.74, 6) is 2.17. The van der Waals surface area contributed by atoms with Gasteiger partial charge in [-0.1, -0.05) is 36.4 Å². The number of hydrogen-bond donors (Lipinski definition) is 1. The van der Waals surface area contributed by atoms with Crippen LogP contribution in [0.15, 0.2) is 85.2 Å². The summed E-state index contributed by atoms with van der Waals surface area (Å²) in [5, 5.41) is 0. The number of nitrogen functional groups attached to an aromatic ring is 1. The molecule has 3 aromatic carbocycles. The number of para-hydroxylation sites is 2. The van der Waals surface area contributed by atoms with Gasteiger partial charge in [-0.2, -0.15) is 0 Å². The molecule has 1 heterocycles. The molecule has 0 radical (unpaired) electrons. The minimum absolute atomic E-state index is 0.588. The third kappa shape index (κ3) is 4.35. The fourth-order valence-electron chi connectivity index (χ4n) is 3.12. The number of ether oxygens (including phenoxy) is 2. The highest BCUT2D eigenvalue weighted by Gasteiger charge is 2.09. The zero-order valence-corrected chi connectivity index (χ0v) is 16.1. The van der Waals surface area contributed by atoms with Crippen molar-refractivity contribution in [2.24, 2.45) is 0 Å². The van der Waals surface area contributed by atoms with Gasteiger partial charge in [0.1, 0.15) is 23.6 Å². The van der Waals surface area contributed by atoms with Crippen molar-refractivity contribution in [2.45, 2.75) is 6.42 Å². The van der Waals surface area contributed by atoms with Crippen molar-refractivity contribution >= 4 is 5.69 Å². The van der Waals surface area contributed by atoms with Crippen LogP contribution >= 0.6 is 0 Å². The second-order valence-corrected chi connectivity index (χ2v) is 6.56. The summed E-state index contributed by atoms with van der Waals surface area (Å²) >= 11 is 0. The molecule has 0 aliphatic carbocycles. The van der Waals surface area contributed by atoms with E-state index in [-0.39, 0.29) is 0 Å². The van der Waals surface area contributed by atoms with Gasteiger partial charge in [-0.05, 0) is 48.0 Å². The number of methoxy groups -OCH3 is 1. The van der Waals surface area contributed by atoms with E-state index in [2.05, 4.69) is 9.97 Å². The highest BCUT2D eigenvalue weighted by Crippen LogP contribution is 2.30. The Hall–Kier alpha value is -3.86. The topological polar surface area (TPSA) is 70.3 Å². The first-order chi connectivity index (χ1) is 14.2. The number of hydrogen-bond acceptors (Lipinski definition) is 5. The highest BCUT2D eigenvalue weighted by atomic mass is 16.5. The maximum Gasteiger partial charge on any atom is 0.150 e. The van der Waals surface area contributed by atoms with Gasteiger partial charge in [-0.3, -0.25) is 0 Å². The lowest BCUT2D eigenvalue weighted by atomic mass is 10.1. The normalized spacial score (nSPS) is 10.5. The molecule has 0 spiro atoms. The Kier molecular flexibility index (Phi) is 5.38. The number of nitrogens with zero attached hydrogens (tertiary/aromatic N) is 2. The van der Waals surface area contributed by atoms with E-state index >= 15 is 0 Å². The van der Waals surface area contributed by atoms with Crippen LogP contribution in [0.1, 0.15) is 11.3 Å². The zero-order valence-electron chi connectivity index (χ0n) is 16.1. The van der Waals surface area contributed by atoms with Crippen LogP contribution in [0, 0.1) is 0 Å². The minimum atomic E-state index is 0.588. The SMILES string of the molecule is COc1ccccc1-c1cc(Cc2ccc(Oc3ccccc3)c(N)c2)ncn1. The van der Waals surface area contributed by atoms with Crippen LogP contribution < -0.4 is 15.2 Å². The third-order valence-corrected chi connectivity index (χ3v) is 4.54. The van der Waals surface area contributed by atoms with Gasteiger partial charge < -0.3 is 15.2 Å². The summed E-state index contributed by atoms with van der Waals surface area (Å²) < 4.78 is 11.3. The first kappa shape index (κ1) is 18.5. The summed E-state index contributed by atoms with van der Waals surface area (Å²) in [4.78, 5) is 8.81. The summed E-state index contributed by atoms with van der Waals surface area (Å²) in [6.45, 7) is 0. The Morgan fingerprint density at radius 2 is 1.62 bits per heavy atom. The van der Waals surface area contributed by atoms with Crippen LogP contribution in [0.25, 0.3) is 11.3 Å². The molecule has 5 heteroatoms. The van der Waals surface area contributed by atoms with E-state index < -0.39 is 0 Å². The fourth-order valence-corrected chi connectivity index (χ4v) is 3.12. The average Bonchev–Trinajstić information content (AvgIpc) is 2.76. The molecule has 0 bridgehead atoms. The number of rotatable bonds is 6. The first-order valence-electron chi connectivity index (χ1n) is 9.28. The molecule has 0 saturated carbocycles. The lowest BCUT2D eigenvalue weighted by Gasteiger charge is -2.11. The maximum atomic E-state index is 6.21. The fraction of sp³-hybridized carbons (Fsp3) is 0.0833. The van der Waals surface area contributed by atoms with Crippen molar-refractivity contribution in [2.75, 3.05) is 12.8 Å². The molecule has 4 aromatic rings. The monoisotopic (exact) mass is 383 g/mol. The van der Waals surface area contributed by atoms with E-state index in [0.29, 0.717) is 17.9 Å². The zero-order chi connectivity index (χ0) is 20.1. The summed E-state index contributed by atoms with van der Waals surface area (Å²) in [5.41, 5.74) is 10.5. The molecule has 5 nitrogen and oxygen atoms in total. The van der Waals surface area contributed by atoms with Crippen molar-refractivity contribution < 1.29 is 9.47 Å². The Labute approximate surface area is 169 Å². The molecule has 0 saturated heterocycles. The van der Waals surface area contributed by atoms with E-state index in [1.54, 1.807) is 13.4 Å². The molecule has 0 unspecified atom stereocenters. The smallest absolute Gasteiger partial charge is 0.150 e. The van der Waals surface area contributed by atoms with E-state index in [1.807, 2.05) is 78.9 Å². The Morgan fingerprint density at radius 1 is 0.828 bits per heavy atom. The van der Waals surface area contributed by atoms with Gasteiger partial charge >= 0.3 is 0 Å². The Morgan fingerprint density at radius 3 is 2.41 bits per heavy atom. The number of anilines is 1. The number of aromatic nitrogens is 2.